The zero-order valence-electron chi connectivity index (χ0n) is 15.7. The summed E-state index contributed by atoms with van der Waals surface area (Å²) >= 11 is 0. The van der Waals surface area contributed by atoms with Crippen molar-refractivity contribution in [2.24, 2.45) is 0 Å². The van der Waals surface area contributed by atoms with E-state index in [1.54, 1.807) is 23.8 Å². The van der Waals surface area contributed by atoms with Crippen molar-refractivity contribution >= 4 is 5.65 Å². The van der Waals surface area contributed by atoms with Gasteiger partial charge in [0, 0.05) is 18.6 Å². The maximum Gasteiger partial charge on any atom is 0.370 e. The first kappa shape index (κ1) is 17.7. The summed E-state index contributed by atoms with van der Waals surface area (Å²) in [6, 6.07) is 20.5. The Hall–Kier alpha value is -3.67. The minimum Gasteiger partial charge on any atom is -0.497 e. The van der Waals surface area contributed by atoms with Crippen molar-refractivity contribution in [3.63, 3.8) is 0 Å². The van der Waals surface area contributed by atoms with Crippen molar-refractivity contribution in [3.05, 3.63) is 93.9 Å². The summed E-state index contributed by atoms with van der Waals surface area (Å²) in [7, 11) is 1.59. The number of hydrogen-bond acceptors (Lipinski definition) is 4. The maximum atomic E-state index is 13.1. The summed E-state index contributed by atoms with van der Waals surface area (Å²) in [5, 5.41) is 15.5. The Morgan fingerprint density at radius 2 is 1.86 bits per heavy atom. The van der Waals surface area contributed by atoms with Gasteiger partial charge in [-0.25, -0.2) is 4.79 Å². The molecule has 2 aromatic carbocycles. The number of aromatic hydroxyl groups is 1. The number of aromatic nitrogens is 3. The molecule has 1 N–H and O–H groups in total. The fourth-order valence-electron chi connectivity index (χ4n) is 3.25. The summed E-state index contributed by atoms with van der Waals surface area (Å²) in [4.78, 5) is 13.1. The van der Waals surface area contributed by atoms with Gasteiger partial charge in [-0.2, -0.15) is 4.57 Å². The largest absolute Gasteiger partial charge is 0.497 e. The standard InChI is InChI=1S/C22H19N3O3/c1-15-11-12-20-24(17-9-6-10-18(14-17)28-2)21(26)19(22(27)25(20)23-15)13-16-7-4-3-5-8-16/h3-12,14H,13H2,1-2H3/p+1. The van der Waals surface area contributed by atoms with E-state index in [0.717, 1.165) is 5.56 Å². The molecular weight excluding hydrogens is 354 g/mol. The third kappa shape index (κ3) is 3.09. The number of methoxy groups -OCH3 is 1. The summed E-state index contributed by atoms with van der Waals surface area (Å²) in [5.74, 6) is 0.547. The van der Waals surface area contributed by atoms with Crippen molar-refractivity contribution in [1.29, 1.82) is 0 Å². The number of nitrogens with zero attached hydrogens (tertiary/aromatic N) is 3. The lowest BCUT2D eigenvalue weighted by molar-refractivity contribution is -0.581. The smallest absolute Gasteiger partial charge is 0.370 e. The quantitative estimate of drug-likeness (QED) is 0.558. The molecule has 0 saturated carbocycles. The molecule has 2 aromatic heterocycles. The normalized spacial score (nSPS) is 10.9. The zero-order chi connectivity index (χ0) is 19.7. The Kier molecular flexibility index (Phi) is 4.53. The number of fused-ring (bicyclic) bond motifs is 1. The van der Waals surface area contributed by atoms with Crippen molar-refractivity contribution in [3.8, 4) is 17.3 Å². The maximum absolute atomic E-state index is 13.1. The highest BCUT2D eigenvalue weighted by Crippen LogP contribution is 2.19. The molecule has 140 valence electrons. The summed E-state index contributed by atoms with van der Waals surface area (Å²) < 4.78 is 8.28. The lowest BCUT2D eigenvalue weighted by Crippen LogP contribution is -2.40. The zero-order valence-corrected chi connectivity index (χ0v) is 15.7. The molecule has 0 aliphatic heterocycles. The van der Waals surface area contributed by atoms with Crippen LogP contribution >= 0.6 is 0 Å². The van der Waals surface area contributed by atoms with Crippen molar-refractivity contribution in [1.82, 2.24) is 9.61 Å². The fourth-order valence-corrected chi connectivity index (χ4v) is 3.25. The minimum absolute atomic E-state index is 0.104. The molecule has 0 saturated heterocycles. The Morgan fingerprint density at radius 3 is 2.61 bits per heavy atom. The predicted molar refractivity (Wildman–Crippen MR) is 105 cm³/mol. The van der Waals surface area contributed by atoms with Crippen LogP contribution < -0.4 is 14.9 Å². The van der Waals surface area contributed by atoms with Crippen molar-refractivity contribution in [2.75, 3.05) is 7.11 Å². The van der Waals surface area contributed by atoms with Crippen LogP contribution in [0, 0.1) is 6.92 Å². The molecule has 0 atom stereocenters. The van der Waals surface area contributed by atoms with Crippen LogP contribution in [-0.4, -0.2) is 21.8 Å². The van der Waals surface area contributed by atoms with E-state index in [2.05, 4.69) is 5.10 Å². The molecule has 28 heavy (non-hydrogen) atoms. The summed E-state index contributed by atoms with van der Waals surface area (Å²) in [6.45, 7) is 1.82. The number of benzene rings is 2. The van der Waals surface area contributed by atoms with Gasteiger partial charge in [-0.1, -0.05) is 46.0 Å². The van der Waals surface area contributed by atoms with Gasteiger partial charge in [0.25, 0.3) is 5.88 Å². The second kappa shape index (κ2) is 7.15. The molecule has 0 aliphatic rings. The predicted octanol–water partition coefficient (Wildman–Crippen LogP) is 2.58. The highest BCUT2D eigenvalue weighted by atomic mass is 16.5. The van der Waals surface area contributed by atoms with Gasteiger partial charge < -0.3 is 9.84 Å². The van der Waals surface area contributed by atoms with E-state index in [4.69, 9.17) is 4.74 Å². The molecule has 0 spiro atoms. The molecule has 4 rings (SSSR count). The first-order valence-electron chi connectivity index (χ1n) is 8.93. The van der Waals surface area contributed by atoms with Gasteiger partial charge in [-0.3, -0.25) is 0 Å². The molecule has 2 heterocycles. The molecule has 0 amide bonds. The fraction of sp³-hybridized carbons (Fsp3) is 0.136. The number of aryl methyl sites for hydroxylation is 1. The van der Waals surface area contributed by atoms with Crippen LogP contribution in [0.25, 0.3) is 11.3 Å². The first-order chi connectivity index (χ1) is 13.6. The van der Waals surface area contributed by atoms with Crippen LogP contribution in [0.4, 0.5) is 0 Å². The lowest BCUT2D eigenvalue weighted by Gasteiger charge is -2.10. The van der Waals surface area contributed by atoms with Crippen molar-refractivity contribution in [2.45, 2.75) is 13.3 Å². The summed E-state index contributed by atoms with van der Waals surface area (Å²) in [6.07, 6.45) is 0.300. The van der Waals surface area contributed by atoms with E-state index >= 15 is 0 Å². The van der Waals surface area contributed by atoms with Gasteiger partial charge in [-0.05, 0) is 30.7 Å². The molecule has 0 unspecified atom stereocenters. The molecule has 0 aliphatic carbocycles. The topological polar surface area (TPSA) is 67.7 Å². The second-order valence-corrected chi connectivity index (χ2v) is 6.55. The molecule has 6 heteroatoms. The molecule has 0 radical (unpaired) electrons. The average molecular weight is 374 g/mol. The van der Waals surface area contributed by atoms with E-state index in [-0.39, 0.29) is 17.0 Å². The van der Waals surface area contributed by atoms with Crippen LogP contribution in [0.15, 0.2) is 71.5 Å². The highest BCUT2D eigenvalue weighted by Gasteiger charge is 2.26. The van der Waals surface area contributed by atoms with Gasteiger partial charge in [0.15, 0.2) is 0 Å². The van der Waals surface area contributed by atoms with E-state index in [9.17, 15) is 9.90 Å². The van der Waals surface area contributed by atoms with Gasteiger partial charge in [0.1, 0.15) is 17.0 Å². The molecule has 0 fully saturated rings. The Balaban J connectivity index is 2.04. The minimum atomic E-state index is -0.334. The van der Waals surface area contributed by atoms with E-state index in [1.165, 1.54) is 4.52 Å². The average Bonchev–Trinajstić information content (AvgIpc) is 2.72. The van der Waals surface area contributed by atoms with Crippen LogP contribution in [0.1, 0.15) is 16.8 Å². The Labute approximate surface area is 161 Å². The molecule has 4 aromatic rings. The lowest BCUT2D eigenvalue weighted by atomic mass is 10.1. The number of hydrogen-bond donors (Lipinski definition) is 1. The SMILES string of the molecule is COc1cccc(-[n+]2c(O)c(Cc3ccccc3)c(=O)n3nc(C)ccc32)c1. The second-order valence-electron chi connectivity index (χ2n) is 6.55. The van der Waals surface area contributed by atoms with Crippen LogP contribution in [0.2, 0.25) is 0 Å². The van der Waals surface area contributed by atoms with E-state index in [1.807, 2.05) is 61.5 Å². The third-order valence-corrected chi connectivity index (χ3v) is 4.64. The van der Waals surface area contributed by atoms with Crippen LogP contribution in [-0.2, 0) is 6.42 Å². The Bertz CT molecular complexity index is 1220. The molecule has 0 bridgehead atoms. The molecular formula is C22H20N3O3+. The van der Waals surface area contributed by atoms with Crippen LogP contribution in [0.3, 0.4) is 0 Å². The van der Waals surface area contributed by atoms with E-state index in [0.29, 0.717) is 29.2 Å². The number of ether oxygens (including phenoxy) is 1. The Morgan fingerprint density at radius 1 is 1.07 bits per heavy atom. The summed E-state index contributed by atoms with van der Waals surface area (Å²) in [5.41, 5.74) is 2.74. The number of rotatable bonds is 4. The van der Waals surface area contributed by atoms with Gasteiger partial charge in [0.2, 0.25) is 0 Å². The molecule has 6 nitrogen and oxygen atoms in total. The van der Waals surface area contributed by atoms with Gasteiger partial charge in [0.05, 0.1) is 12.8 Å². The monoisotopic (exact) mass is 374 g/mol. The van der Waals surface area contributed by atoms with Crippen molar-refractivity contribution < 1.29 is 14.4 Å². The van der Waals surface area contributed by atoms with E-state index < -0.39 is 0 Å². The van der Waals surface area contributed by atoms with Gasteiger partial charge >= 0.3 is 11.2 Å². The third-order valence-electron chi connectivity index (χ3n) is 4.64. The van der Waals surface area contributed by atoms with Gasteiger partial charge in [-0.15, -0.1) is 0 Å². The highest BCUT2D eigenvalue weighted by molar-refractivity contribution is 5.42. The first-order valence-corrected chi connectivity index (χ1v) is 8.93. The van der Waals surface area contributed by atoms with Crippen LogP contribution in [0.5, 0.6) is 11.6 Å².